The van der Waals surface area contributed by atoms with Crippen molar-refractivity contribution in [2.45, 2.75) is 6.54 Å². The van der Waals surface area contributed by atoms with Crippen molar-refractivity contribution in [1.82, 2.24) is 0 Å². The Morgan fingerprint density at radius 1 is 0.812 bits per heavy atom. The molecule has 0 bridgehead atoms. The Morgan fingerprint density at radius 2 is 1.38 bits per heavy atom. The van der Waals surface area contributed by atoms with Gasteiger partial charge in [0.15, 0.2) is 0 Å². The lowest BCUT2D eigenvalue weighted by Gasteiger charge is -2.22. The smallest absolute Gasteiger partial charge is 0.0660 e. The first-order valence-corrected chi connectivity index (χ1v) is 5.44. The van der Waals surface area contributed by atoms with E-state index >= 15 is 0 Å². The number of hydrogen-bond donors (Lipinski definition) is 1. The van der Waals surface area contributed by atoms with Crippen LogP contribution >= 0.6 is 0 Å². The number of rotatable bonds is 4. The number of nitrogens with zero attached hydrogens (tertiary/aromatic N) is 1. The number of para-hydroxylation sites is 1. The van der Waals surface area contributed by atoms with Gasteiger partial charge in [-0.1, -0.05) is 48.5 Å². The van der Waals surface area contributed by atoms with Gasteiger partial charge in [-0.05, 0) is 17.7 Å². The molecule has 0 radical (unpaired) electrons. The second-order valence-corrected chi connectivity index (χ2v) is 3.70. The summed E-state index contributed by atoms with van der Waals surface area (Å²) in [7, 11) is 0. The Kier molecular flexibility index (Phi) is 3.57. The van der Waals surface area contributed by atoms with Crippen molar-refractivity contribution in [3.05, 3.63) is 66.2 Å². The highest BCUT2D eigenvalue weighted by molar-refractivity contribution is 5.46. The maximum absolute atomic E-state index is 5.78. The fourth-order valence-electron chi connectivity index (χ4n) is 1.70. The van der Waals surface area contributed by atoms with Gasteiger partial charge in [0.25, 0.3) is 0 Å². The van der Waals surface area contributed by atoms with Crippen LogP contribution in [0.1, 0.15) is 5.56 Å². The maximum Gasteiger partial charge on any atom is 0.0660 e. The van der Waals surface area contributed by atoms with Gasteiger partial charge in [-0.3, -0.25) is 0 Å². The van der Waals surface area contributed by atoms with Crippen LogP contribution in [0, 0.1) is 0 Å². The molecule has 0 aliphatic rings. The van der Waals surface area contributed by atoms with Crippen LogP contribution in [0.25, 0.3) is 0 Å². The van der Waals surface area contributed by atoms with E-state index in [1.165, 1.54) is 5.56 Å². The normalized spacial score (nSPS) is 10.1. The Balaban J connectivity index is 2.13. The lowest BCUT2D eigenvalue weighted by Crippen LogP contribution is -2.29. The second kappa shape index (κ2) is 5.33. The number of nitrogens with two attached hydrogens (primary N) is 1. The van der Waals surface area contributed by atoms with Gasteiger partial charge in [0.2, 0.25) is 0 Å². The average molecular weight is 212 g/mol. The molecule has 0 fully saturated rings. The highest BCUT2D eigenvalue weighted by Crippen LogP contribution is 2.15. The molecule has 2 rings (SSSR count). The van der Waals surface area contributed by atoms with Crippen molar-refractivity contribution < 1.29 is 0 Å². The van der Waals surface area contributed by atoms with Gasteiger partial charge in [-0.25, -0.2) is 0 Å². The summed E-state index contributed by atoms with van der Waals surface area (Å²) in [6.45, 7) is 1.38. The zero-order chi connectivity index (χ0) is 11.2. The molecule has 0 aliphatic carbocycles. The molecule has 0 unspecified atom stereocenters. The summed E-state index contributed by atoms with van der Waals surface area (Å²) in [6, 6.07) is 20.6. The zero-order valence-electron chi connectivity index (χ0n) is 9.21. The van der Waals surface area contributed by atoms with Crippen molar-refractivity contribution in [3.63, 3.8) is 0 Å². The summed E-state index contributed by atoms with van der Waals surface area (Å²) in [5, 5.41) is 0. The predicted molar refractivity (Wildman–Crippen MR) is 68.1 cm³/mol. The quantitative estimate of drug-likeness (QED) is 0.789. The van der Waals surface area contributed by atoms with Gasteiger partial charge in [0.05, 0.1) is 6.67 Å². The molecule has 0 atom stereocenters. The first-order chi connectivity index (χ1) is 7.90. The van der Waals surface area contributed by atoms with Crippen molar-refractivity contribution in [3.8, 4) is 0 Å². The molecule has 0 saturated carbocycles. The van der Waals surface area contributed by atoms with E-state index in [4.69, 9.17) is 5.73 Å². The highest BCUT2D eigenvalue weighted by atomic mass is 15.2. The molecule has 82 valence electrons. The van der Waals surface area contributed by atoms with Crippen LogP contribution in [-0.2, 0) is 6.54 Å². The molecular weight excluding hydrogens is 196 g/mol. The average Bonchev–Trinajstić information content (AvgIpc) is 2.38. The molecule has 16 heavy (non-hydrogen) atoms. The Labute approximate surface area is 96.3 Å². The molecule has 0 spiro atoms. The molecule has 2 nitrogen and oxygen atoms in total. The molecular formula is C14H16N2. The van der Waals surface area contributed by atoms with Crippen LogP contribution in [0.2, 0.25) is 0 Å². The number of benzene rings is 2. The number of hydrogen-bond acceptors (Lipinski definition) is 2. The van der Waals surface area contributed by atoms with Crippen molar-refractivity contribution >= 4 is 5.69 Å². The fraction of sp³-hybridized carbons (Fsp3) is 0.143. The summed E-state index contributed by atoms with van der Waals surface area (Å²) in [6.07, 6.45) is 0. The van der Waals surface area contributed by atoms with E-state index in [9.17, 15) is 0 Å². The summed E-state index contributed by atoms with van der Waals surface area (Å²) >= 11 is 0. The standard InChI is InChI=1S/C14H16N2/c15-12-16(14-9-5-2-6-10-14)11-13-7-3-1-4-8-13/h1-10H,11-12,15H2. The third kappa shape index (κ3) is 2.61. The van der Waals surface area contributed by atoms with E-state index in [1.807, 2.05) is 24.3 Å². The van der Waals surface area contributed by atoms with E-state index in [2.05, 4.69) is 41.3 Å². The first kappa shape index (κ1) is 10.7. The summed E-state index contributed by atoms with van der Waals surface area (Å²) in [5.74, 6) is 0. The van der Waals surface area contributed by atoms with Gasteiger partial charge in [-0.15, -0.1) is 0 Å². The summed E-state index contributed by atoms with van der Waals surface area (Å²) in [5.41, 5.74) is 8.21. The highest BCUT2D eigenvalue weighted by Gasteiger charge is 2.03. The zero-order valence-corrected chi connectivity index (χ0v) is 9.21. The lowest BCUT2D eigenvalue weighted by molar-refractivity contribution is 0.812. The monoisotopic (exact) mass is 212 g/mol. The van der Waals surface area contributed by atoms with E-state index < -0.39 is 0 Å². The fourth-order valence-corrected chi connectivity index (χ4v) is 1.70. The molecule has 0 aliphatic heterocycles. The van der Waals surface area contributed by atoms with Crippen molar-refractivity contribution in [2.75, 3.05) is 11.6 Å². The minimum Gasteiger partial charge on any atom is -0.355 e. The SMILES string of the molecule is NCN(Cc1ccccc1)c1ccccc1. The maximum atomic E-state index is 5.78. The second-order valence-electron chi connectivity index (χ2n) is 3.70. The van der Waals surface area contributed by atoms with Crippen LogP contribution in [0.4, 0.5) is 5.69 Å². The van der Waals surface area contributed by atoms with Crippen LogP contribution in [0.15, 0.2) is 60.7 Å². The van der Waals surface area contributed by atoms with Crippen LogP contribution in [0.3, 0.4) is 0 Å². The molecule has 0 aromatic heterocycles. The van der Waals surface area contributed by atoms with Crippen molar-refractivity contribution in [1.29, 1.82) is 0 Å². The van der Waals surface area contributed by atoms with E-state index in [0.717, 1.165) is 12.2 Å². The van der Waals surface area contributed by atoms with Crippen molar-refractivity contribution in [2.24, 2.45) is 5.73 Å². The Bertz CT molecular complexity index is 411. The molecule has 0 heterocycles. The minimum atomic E-state index is 0.527. The third-order valence-corrected chi connectivity index (χ3v) is 2.56. The largest absolute Gasteiger partial charge is 0.355 e. The predicted octanol–water partition coefficient (Wildman–Crippen LogP) is 2.61. The summed E-state index contributed by atoms with van der Waals surface area (Å²) < 4.78 is 0. The van der Waals surface area contributed by atoms with Gasteiger partial charge in [0.1, 0.15) is 0 Å². The van der Waals surface area contributed by atoms with Gasteiger partial charge in [-0.2, -0.15) is 0 Å². The van der Waals surface area contributed by atoms with Crippen LogP contribution < -0.4 is 10.6 Å². The van der Waals surface area contributed by atoms with E-state index in [0.29, 0.717) is 6.67 Å². The van der Waals surface area contributed by atoms with Gasteiger partial charge in [0, 0.05) is 12.2 Å². The van der Waals surface area contributed by atoms with Gasteiger partial charge >= 0.3 is 0 Å². The molecule has 0 saturated heterocycles. The first-order valence-electron chi connectivity index (χ1n) is 5.44. The minimum absolute atomic E-state index is 0.527. The molecule has 2 N–H and O–H groups in total. The van der Waals surface area contributed by atoms with Gasteiger partial charge < -0.3 is 10.6 Å². The molecule has 2 heteroatoms. The molecule has 0 amide bonds. The van der Waals surface area contributed by atoms with Crippen LogP contribution in [-0.4, -0.2) is 6.67 Å². The Morgan fingerprint density at radius 3 is 1.94 bits per heavy atom. The van der Waals surface area contributed by atoms with E-state index in [1.54, 1.807) is 0 Å². The Hall–Kier alpha value is -1.80. The number of anilines is 1. The molecule has 2 aromatic carbocycles. The lowest BCUT2D eigenvalue weighted by atomic mass is 10.2. The third-order valence-electron chi connectivity index (χ3n) is 2.56. The van der Waals surface area contributed by atoms with Crippen LogP contribution in [0.5, 0.6) is 0 Å². The molecule has 2 aromatic rings. The summed E-state index contributed by atoms with van der Waals surface area (Å²) in [4.78, 5) is 2.15. The van der Waals surface area contributed by atoms with E-state index in [-0.39, 0.29) is 0 Å². The topological polar surface area (TPSA) is 29.3 Å².